The van der Waals surface area contributed by atoms with Crippen LogP contribution in [0.3, 0.4) is 0 Å². The zero-order valence-corrected chi connectivity index (χ0v) is 14.8. The van der Waals surface area contributed by atoms with Crippen molar-refractivity contribution in [2.24, 2.45) is 12.5 Å². The van der Waals surface area contributed by atoms with Crippen LogP contribution in [0.15, 0.2) is 42.7 Å². The fourth-order valence-corrected chi connectivity index (χ4v) is 3.71. The molecule has 0 radical (unpaired) electrons. The van der Waals surface area contributed by atoms with Crippen molar-refractivity contribution in [3.05, 3.63) is 48.3 Å². The number of nitrogens with zero attached hydrogens (tertiary/aromatic N) is 5. The standard InChI is InChI=1S/C19H24N6/c1-19(9-8-15-6-4-3-5-7-15)10-11-25(14-19)18-23-22-17(24(18)2)16-12-20-21-13-16/h3-7,12-13H,8-11,14H2,1-2H3,(H,20,21). The summed E-state index contributed by atoms with van der Waals surface area (Å²) in [6.07, 6.45) is 7.14. The van der Waals surface area contributed by atoms with Gasteiger partial charge >= 0.3 is 0 Å². The second kappa shape index (κ2) is 6.35. The average Bonchev–Trinajstić information content (AvgIpc) is 3.35. The molecule has 2 aromatic heterocycles. The molecule has 6 heteroatoms. The van der Waals surface area contributed by atoms with Crippen LogP contribution in [0.1, 0.15) is 25.3 Å². The molecule has 25 heavy (non-hydrogen) atoms. The Hall–Kier alpha value is -2.63. The van der Waals surface area contributed by atoms with Gasteiger partial charge in [-0.2, -0.15) is 5.10 Å². The summed E-state index contributed by atoms with van der Waals surface area (Å²) in [5, 5.41) is 15.6. The number of H-pyrrole nitrogens is 1. The van der Waals surface area contributed by atoms with Crippen LogP contribution in [0.4, 0.5) is 5.95 Å². The number of hydrogen-bond donors (Lipinski definition) is 1. The van der Waals surface area contributed by atoms with Crippen molar-refractivity contribution in [2.75, 3.05) is 18.0 Å². The molecule has 1 fully saturated rings. The van der Waals surface area contributed by atoms with E-state index in [1.807, 2.05) is 13.2 Å². The van der Waals surface area contributed by atoms with E-state index in [0.29, 0.717) is 5.41 Å². The van der Waals surface area contributed by atoms with E-state index >= 15 is 0 Å². The number of nitrogens with one attached hydrogen (secondary N) is 1. The number of hydrogen-bond acceptors (Lipinski definition) is 4. The number of anilines is 1. The van der Waals surface area contributed by atoms with E-state index in [2.05, 4.69) is 67.1 Å². The van der Waals surface area contributed by atoms with E-state index in [1.165, 1.54) is 18.4 Å². The van der Waals surface area contributed by atoms with E-state index in [-0.39, 0.29) is 0 Å². The number of aromatic amines is 1. The Balaban J connectivity index is 1.45. The second-order valence-electron chi connectivity index (χ2n) is 7.34. The third-order valence-electron chi connectivity index (χ3n) is 5.31. The molecular formula is C19H24N6. The van der Waals surface area contributed by atoms with Crippen LogP contribution < -0.4 is 4.90 Å². The largest absolute Gasteiger partial charge is 0.340 e. The summed E-state index contributed by atoms with van der Waals surface area (Å²) in [5.74, 6) is 1.79. The van der Waals surface area contributed by atoms with Crippen molar-refractivity contribution < 1.29 is 0 Å². The first-order chi connectivity index (χ1) is 12.1. The highest BCUT2D eigenvalue weighted by Crippen LogP contribution is 2.37. The van der Waals surface area contributed by atoms with Crippen molar-refractivity contribution in [1.29, 1.82) is 0 Å². The van der Waals surface area contributed by atoms with E-state index in [0.717, 1.165) is 36.8 Å². The van der Waals surface area contributed by atoms with Crippen molar-refractivity contribution in [3.63, 3.8) is 0 Å². The van der Waals surface area contributed by atoms with Gasteiger partial charge in [0.2, 0.25) is 5.95 Å². The molecular weight excluding hydrogens is 312 g/mol. The topological polar surface area (TPSA) is 62.6 Å². The van der Waals surface area contributed by atoms with Gasteiger partial charge in [-0.1, -0.05) is 37.3 Å². The van der Waals surface area contributed by atoms with Crippen molar-refractivity contribution in [1.82, 2.24) is 25.0 Å². The lowest BCUT2D eigenvalue weighted by molar-refractivity contribution is 0.338. The van der Waals surface area contributed by atoms with E-state index < -0.39 is 0 Å². The van der Waals surface area contributed by atoms with Gasteiger partial charge in [0.05, 0.1) is 11.8 Å². The highest BCUT2D eigenvalue weighted by molar-refractivity contribution is 5.55. The summed E-state index contributed by atoms with van der Waals surface area (Å²) in [6.45, 7) is 4.45. The van der Waals surface area contributed by atoms with Gasteiger partial charge in [-0.15, -0.1) is 10.2 Å². The maximum Gasteiger partial charge on any atom is 0.227 e. The Labute approximate surface area is 147 Å². The summed E-state index contributed by atoms with van der Waals surface area (Å²) >= 11 is 0. The van der Waals surface area contributed by atoms with Gasteiger partial charge < -0.3 is 4.90 Å². The monoisotopic (exact) mass is 336 g/mol. The molecule has 1 unspecified atom stereocenters. The summed E-state index contributed by atoms with van der Waals surface area (Å²) < 4.78 is 2.06. The van der Waals surface area contributed by atoms with E-state index in [4.69, 9.17) is 0 Å². The Morgan fingerprint density at radius 2 is 2.04 bits per heavy atom. The van der Waals surface area contributed by atoms with E-state index in [1.54, 1.807) is 6.20 Å². The average molecular weight is 336 g/mol. The molecule has 1 saturated heterocycles. The molecule has 1 aliphatic rings. The lowest BCUT2D eigenvalue weighted by Crippen LogP contribution is -2.27. The Kier molecular flexibility index (Phi) is 4.03. The van der Waals surface area contributed by atoms with Gasteiger partial charge in [-0.25, -0.2) is 0 Å². The molecule has 6 nitrogen and oxygen atoms in total. The van der Waals surface area contributed by atoms with Crippen LogP contribution in [0.25, 0.3) is 11.4 Å². The van der Waals surface area contributed by atoms with Gasteiger partial charge in [-0.05, 0) is 30.2 Å². The molecule has 0 saturated carbocycles. The highest BCUT2D eigenvalue weighted by atomic mass is 15.4. The first-order valence-electron chi connectivity index (χ1n) is 8.82. The molecule has 0 aliphatic carbocycles. The molecule has 0 bridgehead atoms. The molecule has 3 heterocycles. The lowest BCUT2D eigenvalue weighted by Gasteiger charge is -2.25. The van der Waals surface area contributed by atoms with Crippen LogP contribution in [0, 0.1) is 5.41 Å². The van der Waals surface area contributed by atoms with Crippen molar-refractivity contribution >= 4 is 5.95 Å². The minimum absolute atomic E-state index is 0.317. The molecule has 1 aliphatic heterocycles. The smallest absolute Gasteiger partial charge is 0.227 e. The van der Waals surface area contributed by atoms with Crippen molar-refractivity contribution in [3.8, 4) is 11.4 Å². The van der Waals surface area contributed by atoms with Crippen LogP contribution in [0.5, 0.6) is 0 Å². The van der Waals surface area contributed by atoms with Crippen LogP contribution in [-0.2, 0) is 13.5 Å². The molecule has 0 amide bonds. The molecule has 1 N–H and O–H groups in total. The highest BCUT2D eigenvalue weighted by Gasteiger charge is 2.35. The molecule has 0 spiro atoms. The van der Waals surface area contributed by atoms with Gasteiger partial charge in [0, 0.05) is 26.3 Å². The third-order valence-corrected chi connectivity index (χ3v) is 5.31. The van der Waals surface area contributed by atoms with Crippen LogP contribution in [-0.4, -0.2) is 38.1 Å². The maximum atomic E-state index is 4.43. The van der Waals surface area contributed by atoms with Crippen LogP contribution >= 0.6 is 0 Å². The fraction of sp³-hybridized carbons (Fsp3) is 0.421. The number of aromatic nitrogens is 5. The Morgan fingerprint density at radius 1 is 1.20 bits per heavy atom. The Morgan fingerprint density at radius 3 is 2.80 bits per heavy atom. The zero-order valence-electron chi connectivity index (χ0n) is 14.8. The molecule has 3 aromatic rings. The minimum Gasteiger partial charge on any atom is -0.340 e. The van der Waals surface area contributed by atoms with Gasteiger partial charge in [0.25, 0.3) is 0 Å². The summed E-state index contributed by atoms with van der Waals surface area (Å²) in [4.78, 5) is 2.36. The number of aryl methyl sites for hydroxylation is 1. The predicted octanol–water partition coefficient (Wildman–Crippen LogP) is 3.05. The summed E-state index contributed by atoms with van der Waals surface area (Å²) in [7, 11) is 2.03. The number of rotatable bonds is 5. The first kappa shape index (κ1) is 15.9. The maximum absolute atomic E-state index is 4.43. The lowest BCUT2D eigenvalue weighted by atomic mass is 9.83. The molecule has 130 valence electrons. The molecule has 1 atom stereocenters. The van der Waals surface area contributed by atoms with Gasteiger partial charge in [0.15, 0.2) is 5.82 Å². The van der Waals surface area contributed by atoms with Gasteiger partial charge in [0.1, 0.15) is 0 Å². The minimum atomic E-state index is 0.317. The fourth-order valence-electron chi connectivity index (χ4n) is 3.71. The third kappa shape index (κ3) is 3.16. The number of benzene rings is 1. The van der Waals surface area contributed by atoms with Gasteiger partial charge in [-0.3, -0.25) is 9.67 Å². The van der Waals surface area contributed by atoms with Crippen molar-refractivity contribution in [2.45, 2.75) is 26.2 Å². The van der Waals surface area contributed by atoms with Crippen LogP contribution in [0.2, 0.25) is 0 Å². The zero-order chi connectivity index (χ0) is 17.3. The van der Waals surface area contributed by atoms with E-state index in [9.17, 15) is 0 Å². The Bertz CT molecular complexity index is 823. The first-order valence-corrected chi connectivity index (χ1v) is 8.82. The molecule has 4 rings (SSSR count). The second-order valence-corrected chi connectivity index (χ2v) is 7.34. The quantitative estimate of drug-likeness (QED) is 0.778. The summed E-state index contributed by atoms with van der Waals surface area (Å²) in [6, 6.07) is 10.8. The predicted molar refractivity (Wildman–Crippen MR) is 98.3 cm³/mol. The SMILES string of the molecule is Cn1c(-c2cn[nH]c2)nnc1N1CCC(C)(CCc2ccccc2)C1. The molecule has 1 aromatic carbocycles. The normalized spacial score (nSPS) is 20.3. The summed E-state index contributed by atoms with van der Waals surface area (Å²) in [5.41, 5.74) is 2.70.